The average molecular weight is 220 g/mol. The van der Waals surface area contributed by atoms with Gasteiger partial charge in [-0.3, -0.25) is 0 Å². The second-order valence-corrected chi connectivity index (χ2v) is 20.8. The average Bonchev–Trinajstić information content (AvgIpc) is 2.44. The van der Waals surface area contributed by atoms with Crippen LogP contribution in [-0.2, 0) is 0 Å². The van der Waals surface area contributed by atoms with Gasteiger partial charge in [0.2, 0.25) is 0 Å². The molecule has 0 N–H and O–H groups in total. The first-order valence-electron chi connectivity index (χ1n) is 5.62. The Labute approximate surface area is 89.2 Å². The van der Waals surface area contributed by atoms with Gasteiger partial charge in [0.1, 0.15) is 0 Å². The minimum Gasteiger partial charge on any atom is -0.0710 e. The summed E-state index contributed by atoms with van der Waals surface area (Å²) in [4.78, 5) is 0. The molecule has 0 amide bonds. The van der Waals surface area contributed by atoms with Crippen LogP contribution >= 0.6 is 0 Å². The van der Waals surface area contributed by atoms with Crippen molar-refractivity contribution in [2.24, 2.45) is 0 Å². The van der Waals surface area contributed by atoms with Gasteiger partial charge in [0.15, 0.2) is 0 Å². The topological polar surface area (TPSA) is 0 Å². The standard InChI is InChI=1S/C12H20Si2/c1-13(2)10-7-11-14(13,3)12-8-5-4-6-9-12/h4-6,8-9H,7,10-11H2,1-3H3. The molecule has 1 fully saturated rings. The van der Waals surface area contributed by atoms with Crippen LogP contribution in [0.1, 0.15) is 6.42 Å². The van der Waals surface area contributed by atoms with Gasteiger partial charge in [0.25, 0.3) is 0 Å². The molecule has 1 aromatic carbocycles. The molecule has 0 radical (unpaired) electrons. The van der Waals surface area contributed by atoms with E-state index >= 15 is 0 Å². The van der Waals surface area contributed by atoms with Gasteiger partial charge in [-0.25, -0.2) is 0 Å². The molecule has 1 atom stereocenters. The molecule has 0 aromatic heterocycles. The van der Waals surface area contributed by atoms with Gasteiger partial charge in [-0.2, -0.15) is 0 Å². The van der Waals surface area contributed by atoms with Gasteiger partial charge >= 0.3 is 0 Å². The third-order valence-electron chi connectivity index (χ3n) is 4.38. The maximum Gasteiger partial charge on any atom is 0.0768 e. The van der Waals surface area contributed by atoms with Crippen LogP contribution in [0.4, 0.5) is 0 Å². The molecule has 1 aliphatic rings. The predicted molar refractivity (Wildman–Crippen MR) is 69.4 cm³/mol. The number of hydrogen-bond acceptors (Lipinski definition) is 0. The number of benzene rings is 1. The lowest BCUT2D eigenvalue weighted by atomic mass is 10.4. The van der Waals surface area contributed by atoms with E-state index in [0.29, 0.717) is 0 Å². The highest BCUT2D eigenvalue weighted by atomic mass is 29.3. The number of rotatable bonds is 1. The number of hydrogen-bond donors (Lipinski definition) is 0. The van der Waals surface area contributed by atoms with Crippen molar-refractivity contribution in [3.8, 4) is 0 Å². The van der Waals surface area contributed by atoms with Crippen molar-refractivity contribution in [1.29, 1.82) is 0 Å². The van der Waals surface area contributed by atoms with Gasteiger partial charge in [0, 0.05) is 7.59 Å². The zero-order chi connectivity index (χ0) is 10.2. The summed E-state index contributed by atoms with van der Waals surface area (Å²) < 4.78 is 0. The molecule has 0 nitrogen and oxygen atoms in total. The maximum absolute atomic E-state index is 2.63. The molecule has 1 saturated heterocycles. The lowest BCUT2D eigenvalue weighted by Gasteiger charge is -2.35. The van der Waals surface area contributed by atoms with Crippen molar-refractivity contribution in [1.82, 2.24) is 0 Å². The molecule has 2 heteroatoms. The van der Waals surface area contributed by atoms with Crippen LogP contribution in [0, 0.1) is 0 Å². The molecule has 76 valence electrons. The molecule has 0 saturated carbocycles. The first-order valence-corrected chi connectivity index (χ1v) is 12.5. The largest absolute Gasteiger partial charge is 0.0768 e. The zero-order valence-corrected chi connectivity index (χ0v) is 11.5. The first-order chi connectivity index (χ1) is 6.56. The summed E-state index contributed by atoms with van der Waals surface area (Å²) in [6.45, 7) is 7.85. The van der Waals surface area contributed by atoms with Gasteiger partial charge in [0.05, 0.1) is 7.59 Å². The van der Waals surface area contributed by atoms with Crippen LogP contribution in [0.15, 0.2) is 30.3 Å². The monoisotopic (exact) mass is 220 g/mol. The second kappa shape index (κ2) is 3.35. The van der Waals surface area contributed by atoms with Crippen LogP contribution in [0.25, 0.3) is 0 Å². The van der Waals surface area contributed by atoms with Crippen LogP contribution in [0.2, 0.25) is 31.7 Å². The Balaban J connectivity index is 2.42. The van der Waals surface area contributed by atoms with Gasteiger partial charge < -0.3 is 0 Å². The van der Waals surface area contributed by atoms with Crippen LogP contribution in [0.3, 0.4) is 0 Å². The van der Waals surface area contributed by atoms with Crippen molar-refractivity contribution < 1.29 is 0 Å². The fourth-order valence-corrected chi connectivity index (χ4v) is 16.0. The molecule has 0 bridgehead atoms. The molecule has 1 heterocycles. The molecule has 2 rings (SSSR count). The molecule has 14 heavy (non-hydrogen) atoms. The maximum atomic E-state index is 2.63. The quantitative estimate of drug-likeness (QED) is 0.638. The summed E-state index contributed by atoms with van der Waals surface area (Å²) in [5, 5.41) is 1.72. The lowest BCUT2D eigenvalue weighted by molar-refractivity contribution is 1.07. The SMILES string of the molecule is C[Si]1(C)CCC[Si]1(C)c1ccccc1. The van der Waals surface area contributed by atoms with Gasteiger partial charge in [-0.15, -0.1) is 0 Å². The third kappa shape index (κ3) is 1.41. The Morgan fingerprint density at radius 3 is 2.07 bits per heavy atom. The minimum atomic E-state index is -1.05. The minimum absolute atomic E-state index is 0.896. The van der Waals surface area contributed by atoms with E-state index in [1.54, 1.807) is 11.2 Å². The van der Waals surface area contributed by atoms with E-state index in [4.69, 9.17) is 0 Å². The van der Waals surface area contributed by atoms with Crippen LogP contribution in [-0.4, -0.2) is 15.2 Å². The van der Waals surface area contributed by atoms with E-state index < -0.39 is 15.2 Å². The summed E-state index contributed by atoms with van der Waals surface area (Å²) in [6.07, 6.45) is 1.50. The van der Waals surface area contributed by atoms with Crippen molar-refractivity contribution in [2.75, 3.05) is 0 Å². The van der Waals surface area contributed by atoms with Crippen LogP contribution < -0.4 is 5.19 Å². The summed E-state index contributed by atoms with van der Waals surface area (Å²) in [5.74, 6) is 0. The Morgan fingerprint density at radius 2 is 1.57 bits per heavy atom. The van der Waals surface area contributed by atoms with Crippen LogP contribution in [0.5, 0.6) is 0 Å². The zero-order valence-electron chi connectivity index (χ0n) is 9.51. The van der Waals surface area contributed by atoms with E-state index in [1.807, 2.05) is 0 Å². The van der Waals surface area contributed by atoms with Crippen molar-refractivity contribution in [3.05, 3.63) is 30.3 Å². The highest BCUT2D eigenvalue weighted by Gasteiger charge is 2.49. The summed E-state index contributed by atoms with van der Waals surface area (Å²) in [5.41, 5.74) is 0. The molecular weight excluding hydrogens is 200 g/mol. The van der Waals surface area contributed by atoms with Gasteiger partial charge in [-0.1, -0.05) is 73.7 Å². The molecule has 0 aliphatic carbocycles. The first kappa shape index (κ1) is 10.2. The van der Waals surface area contributed by atoms with Crippen molar-refractivity contribution in [2.45, 2.75) is 38.2 Å². The van der Waals surface area contributed by atoms with E-state index in [-0.39, 0.29) is 0 Å². The normalized spacial score (nSPS) is 30.5. The molecule has 1 unspecified atom stereocenters. The Hall–Kier alpha value is -0.346. The Kier molecular flexibility index (Phi) is 2.44. The predicted octanol–water partition coefficient (Wildman–Crippen LogP) is 3.16. The van der Waals surface area contributed by atoms with E-state index in [2.05, 4.69) is 50.0 Å². The van der Waals surface area contributed by atoms with E-state index in [1.165, 1.54) is 12.5 Å². The smallest absolute Gasteiger partial charge is 0.0710 e. The molecule has 1 aliphatic heterocycles. The van der Waals surface area contributed by atoms with Crippen molar-refractivity contribution in [3.63, 3.8) is 0 Å². The lowest BCUT2D eigenvalue weighted by Crippen LogP contribution is -2.61. The molecule has 1 aromatic rings. The Bertz CT molecular complexity index is 318. The molecular formula is C12H20Si2. The summed E-state index contributed by atoms with van der Waals surface area (Å²) in [7, 11) is -1.95. The third-order valence-corrected chi connectivity index (χ3v) is 23.3. The van der Waals surface area contributed by atoms with E-state index in [0.717, 1.165) is 0 Å². The molecule has 0 spiro atoms. The summed E-state index contributed by atoms with van der Waals surface area (Å²) in [6, 6.07) is 14.4. The van der Waals surface area contributed by atoms with Crippen molar-refractivity contribution >= 4 is 20.4 Å². The fraction of sp³-hybridized carbons (Fsp3) is 0.500. The highest BCUT2D eigenvalue weighted by molar-refractivity contribution is 7.46. The fourth-order valence-electron chi connectivity index (χ4n) is 2.84. The Morgan fingerprint density at radius 1 is 0.929 bits per heavy atom. The summed E-state index contributed by atoms with van der Waals surface area (Å²) >= 11 is 0. The van der Waals surface area contributed by atoms with Gasteiger partial charge in [-0.05, 0) is 0 Å². The van der Waals surface area contributed by atoms with E-state index in [9.17, 15) is 0 Å². The second-order valence-electron chi connectivity index (χ2n) is 5.44. The highest BCUT2D eigenvalue weighted by Crippen LogP contribution is 2.36.